The van der Waals surface area contributed by atoms with E-state index in [1.54, 1.807) is 25.1 Å². The molecule has 4 heteroatoms. The number of nitrogens with one attached hydrogen (secondary N) is 1. The van der Waals surface area contributed by atoms with Gasteiger partial charge in [-0.05, 0) is 50.0 Å². The summed E-state index contributed by atoms with van der Waals surface area (Å²) in [5.41, 5.74) is 0.805. The van der Waals surface area contributed by atoms with E-state index >= 15 is 0 Å². The molecular weight excluding hydrogens is 262 g/mol. The second-order valence-corrected chi connectivity index (χ2v) is 5.58. The number of carbonyl (C=O) groups is 1. The fourth-order valence-electron chi connectivity index (χ4n) is 2.06. The van der Waals surface area contributed by atoms with Crippen LogP contribution in [0.25, 0.3) is 6.08 Å². The molecule has 0 radical (unpaired) electrons. The number of benzene rings is 1. The second-order valence-electron chi connectivity index (χ2n) is 5.14. The van der Waals surface area contributed by atoms with Crippen LogP contribution < -0.4 is 5.32 Å². The van der Waals surface area contributed by atoms with Gasteiger partial charge in [0.25, 0.3) is 0 Å². The Labute approximate surface area is 118 Å². The summed E-state index contributed by atoms with van der Waals surface area (Å²) < 4.78 is 0. The summed E-state index contributed by atoms with van der Waals surface area (Å²) in [5.74, 6) is -0.152. The van der Waals surface area contributed by atoms with Crippen molar-refractivity contribution in [3.63, 3.8) is 0 Å². The van der Waals surface area contributed by atoms with Crippen LogP contribution in [0.4, 0.5) is 0 Å². The highest BCUT2D eigenvalue weighted by atomic mass is 35.5. The Balaban J connectivity index is 1.94. The van der Waals surface area contributed by atoms with Crippen LogP contribution in [0.5, 0.6) is 0 Å². The Morgan fingerprint density at radius 3 is 2.84 bits per heavy atom. The minimum Gasteiger partial charge on any atom is -0.388 e. The average Bonchev–Trinajstić information content (AvgIpc) is 2.33. The van der Waals surface area contributed by atoms with Crippen molar-refractivity contribution in [2.24, 2.45) is 0 Å². The van der Waals surface area contributed by atoms with E-state index in [2.05, 4.69) is 5.32 Å². The zero-order valence-electron chi connectivity index (χ0n) is 10.9. The molecule has 2 N–H and O–H groups in total. The van der Waals surface area contributed by atoms with Gasteiger partial charge in [0.15, 0.2) is 0 Å². The maximum absolute atomic E-state index is 11.9. The van der Waals surface area contributed by atoms with Gasteiger partial charge in [-0.2, -0.15) is 0 Å². The predicted molar refractivity (Wildman–Crippen MR) is 76.9 cm³/mol. The molecule has 0 atom stereocenters. The van der Waals surface area contributed by atoms with Gasteiger partial charge in [-0.3, -0.25) is 4.79 Å². The SMILES string of the molecule is C/C(=C/c1cccc(Cl)c1)C(=O)NCC1(O)CCC1. The van der Waals surface area contributed by atoms with E-state index in [4.69, 9.17) is 11.6 Å². The number of amides is 1. The Kier molecular flexibility index (Phi) is 4.27. The molecule has 1 amide bonds. The lowest BCUT2D eigenvalue weighted by molar-refractivity contribution is -0.119. The Bertz CT molecular complexity index is 507. The molecule has 0 aliphatic heterocycles. The highest BCUT2D eigenvalue weighted by molar-refractivity contribution is 6.30. The van der Waals surface area contributed by atoms with Crippen molar-refractivity contribution in [2.45, 2.75) is 31.8 Å². The van der Waals surface area contributed by atoms with Crippen molar-refractivity contribution >= 4 is 23.6 Å². The van der Waals surface area contributed by atoms with Crippen LogP contribution in [0.15, 0.2) is 29.8 Å². The Morgan fingerprint density at radius 1 is 1.53 bits per heavy atom. The van der Waals surface area contributed by atoms with Crippen molar-refractivity contribution in [3.05, 3.63) is 40.4 Å². The molecule has 1 aliphatic rings. The molecule has 1 saturated carbocycles. The predicted octanol–water partition coefficient (Wildman–Crippen LogP) is 2.77. The molecule has 0 unspecified atom stereocenters. The molecule has 2 rings (SSSR count). The smallest absolute Gasteiger partial charge is 0.247 e. The first-order chi connectivity index (χ1) is 8.98. The van der Waals surface area contributed by atoms with E-state index in [1.165, 1.54) is 0 Å². The number of halogens is 1. The van der Waals surface area contributed by atoms with E-state index in [1.807, 2.05) is 12.1 Å². The van der Waals surface area contributed by atoms with Crippen molar-refractivity contribution in [1.29, 1.82) is 0 Å². The number of rotatable bonds is 4. The number of hydrogen-bond acceptors (Lipinski definition) is 2. The minimum atomic E-state index is -0.688. The first-order valence-corrected chi connectivity index (χ1v) is 6.81. The van der Waals surface area contributed by atoms with Gasteiger partial charge in [-0.25, -0.2) is 0 Å². The van der Waals surface area contributed by atoms with Crippen LogP contribution in [0.2, 0.25) is 5.02 Å². The van der Waals surface area contributed by atoms with Gasteiger partial charge in [-0.1, -0.05) is 23.7 Å². The third-order valence-electron chi connectivity index (χ3n) is 3.45. The first-order valence-electron chi connectivity index (χ1n) is 6.43. The lowest BCUT2D eigenvalue weighted by atomic mass is 9.80. The molecule has 0 saturated heterocycles. The summed E-state index contributed by atoms with van der Waals surface area (Å²) >= 11 is 5.89. The molecule has 19 heavy (non-hydrogen) atoms. The largest absolute Gasteiger partial charge is 0.388 e. The Morgan fingerprint density at radius 2 is 2.26 bits per heavy atom. The normalized spacial score (nSPS) is 17.7. The van der Waals surface area contributed by atoms with Crippen LogP contribution in [0, 0.1) is 0 Å². The van der Waals surface area contributed by atoms with Gasteiger partial charge in [-0.15, -0.1) is 0 Å². The van der Waals surface area contributed by atoms with Gasteiger partial charge in [0.05, 0.1) is 5.60 Å². The van der Waals surface area contributed by atoms with Crippen molar-refractivity contribution in [2.75, 3.05) is 6.54 Å². The lowest BCUT2D eigenvalue weighted by Gasteiger charge is -2.36. The van der Waals surface area contributed by atoms with E-state index in [0.29, 0.717) is 17.1 Å². The zero-order valence-corrected chi connectivity index (χ0v) is 11.7. The minimum absolute atomic E-state index is 0.152. The van der Waals surface area contributed by atoms with E-state index in [0.717, 1.165) is 24.8 Å². The molecule has 0 heterocycles. The van der Waals surface area contributed by atoms with Crippen LogP contribution in [-0.4, -0.2) is 23.2 Å². The molecule has 102 valence electrons. The summed E-state index contributed by atoms with van der Waals surface area (Å²) in [6.07, 6.45) is 4.35. The maximum Gasteiger partial charge on any atom is 0.247 e. The van der Waals surface area contributed by atoms with Crippen molar-refractivity contribution in [3.8, 4) is 0 Å². The maximum atomic E-state index is 11.9. The topological polar surface area (TPSA) is 49.3 Å². The summed E-state index contributed by atoms with van der Waals surface area (Å²) in [6, 6.07) is 7.33. The van der Waals surface area contributed by atoms with Gasteiger partial charge in [0.2, 0.25) is 5.91 Å². The summed E-state index contributed by atoms with van der Waals surface area (Å²) in [7, 11) is 0. The fraction of sp³-hybridized carbons (Fsp3) is 0.400. The standard InChI is InChI=1S/C15H18ClNO2/c1-11(8-12-4-2-5-13(16)9-12)14(18)17-10-15(19)6-3-7-15/h2,4-5,8-9,19H,3,6-7,10H2,1H3,(H,17,18)/b11-8-. The summed E-state index contributed by atoms with van der Waals surface area (Å²) in [4.78, 5) is 11.9. The quantitative estimate of drug-likeness (QED) is 0.833. The molecule has 1 fully saturated rings. The third kappa shape index (κ3) is 3.82. The van der Waals surface area contributed by atoms with Gasteiger partial charge < -0.3 is 10.4 Å². The van der Waals surface area contributed by atoms with Gasteiger partial charge in [0.1, 0.15) is 0 Å². The van der Waals surface area contributed by atoms with E-state index < -0.39 is 5.60 Å². The molecule has 0 aromatic heterocycles. The number of hydrogen-bond donors (Lipinski definition) is 2. The fourth-order valence-corrected chi connectivity index (χ4v) is 2.26. The molecule has 1 aliphatic carbocycles. The number of aliphatic hydroxyl groups is 1. The van der Waals surface area contributed by atoms with Crippen LogP contribution in [0.3, 0.4) is 0 Å². The molecular formula is C15H18ClNO2. The lowest BCUT2D eigenvalue weighted by Crippen LogP contribution is -2.47. The molecule has 3 nitrogen and oxygen atoms in total. The van der Waals surface area contributed by atoms with Crippen LogP contribution in [-0.2, 0) is 4.79 Å². The van der Waals surface area contributed by atoms with Crippen LogP contribution >= 0.6 is 11.6 Å². The van der Waals surface area contributed by atoms with Gasteiger partial charge >= 0.3 is 0 Å². The van der Waals surface area contributed by atoms with Crippen molar-refractivity contribution in [1.82, 2.24) is 5.32 Å². The molecule has 0 bridgehead atoms. The van der Waals surface area contributed by atoms with E-state index in [-0.39, 0.29) is 5.91 Å². The number of carbonyl (C=O) groups excluding carboxylic acids is 1. The zero-order chi connectivity index (χ0) is 13.9. The molecule has 1 aromatic rings. The summed E-state index contributed by atoms with van der Waals surface area (Å²) in [5, 5.41) is 13.3. The first kappa shape index (κ1) is 14.1. The average molecular weight is 280 g/mol. The highest BCUT2D eigenvalue weighted by Crippen LogP contribution is 2.30. The van der Waals surface area contributed by atoms with Gasteiger partial charge in [0, 0.05) is 17.1 Å². The van der Waals surface area contributed by atoms with E-state index in [9.17, 15) is 9.90 Å². The van der Waals surface area contributed by atoms with Crippen LogP contribution in [0.1, 0.15) is 31.7 Å². The monoisotopic (exact) mass is 279 g/mol. The highest BCUT2D eigenvalue weighted by Gasteiger charge is 2.34. The molecule has 0 spiro atoms. The third-order valence-corrected chi connectivity index (χ3v) is 3.69. The Hall–Kier alpha value is -1.32. The van der Waals surface area contributed by atoms with Crippen molar-refractivity contribution < 1.29 is 9.90 Å². The second kappa shape index (κ2) is 5.76. The summed E-state index contributed by atoms with van der Waals surface area (Å²) in [6.45, 7) is 2.08. The molecule has 1 aromatic carbocycles.